The monoisotopic (exact) mass is 310 g/mol. The Kier molecular flexibility index (Phi) is 5.42. The van der Waals surface area contributed by atoms with Crippen LogP contribution in [-0.2, 0) is 13.0 Å². The fourth-order valence-electron chi connectivity index (χ4n) is 2.48. The number of unbranched alkanes of at least 4 members (excludes halogenated alkanes) is 1. The van der Waals surface area contributed by atoms with Gasteiger partial charge in [-0.15, -0.1) is 0 Å². The molecule has 0 saturated carbocycles. The Labute approximate surface area is 130 Å². The molecule has 0 fully saturated rings. The lowest BCUT2D eigenvalue weighted by Gasteiger charge is -2.12. The van der Waals surface area contributed by atoms with Gasteiger partial charge in [-0.25, -0.2) is 4.98 Å². The van der Waals surface area contributed by atoms with Crippen molar-refractivity contribution < 1.29 is 4.52 Å². The van der Waals surface area contributed by atoms with Gasteiger partial charge >= 0.3 is 0 Å². The Balaban J connectivity index is 1.98. The van der Waals surface area contributed by atoms with Gasteiger partial charge in [0.1, 0.15) is 11.6 Å². The van der Waals surface area contributed by atoms with E-state index in [2.05, 4.69) is 34.3 Å². The zero-order valence-electron chi connectivity index (χ0n) is 13.1. The van der Waals surface area contributed by atoms with Crippen LogP contribution in [0.5, 0.6) is 0 Å². The van der Waals surface area contributed by atoms with Gasteiger partial charge < -0.3 is 14.8 Å². The molecule has 0 amide bonds. The van der Waals surface area contributed by atoms with Crippen LogP contribution in [0.25, 0.3) is 0 Å². The molecule has 116 valence electrons. The molecule has 0 aliphatic heterocycles. The highest BCUT2D eigenvalue weighted by Crippen LogP contribution is 2.22. The summed E-state index contributed by atoms with van der Waals surface area (Å²) >= 11 is 6.18. The van der Waals surface area contributed by atoms with Crippen LogP contribution in [0.15, 0.2) is 4.52 Å². The second-order valence-electron chi connectivity index (χ2n) is 5.40. The number of aromatic nitrogens is 3. The van der Waals surface area contributed by atoms with Crippen LogP contribution >= 0.6 is 11.6 Å². The molecule has 2 rings (SSSR count). The molecule has 1 atom stereocenters. The molecular formula is C15H23ClN4O. The van der Waals surface area contributed by atoms with Crippen molar-refractivity contribution in [3.05, 3.63) is 33.7 Å². The van der Waals surface area contributed by atoms with E-state index in [0.29, 0.717) is 11.7 Å². The van der Waals surface area contributed by atoms with Gasteiger partial charge in [-0.1, -0.05) is 30.1 Å². The van der Waals surface area contributed by atoms with E-state index < -0.39 is 0 Å². The summed E-state index contributed by atoms with van der Waals surface area (Å²) in [7, 11) is 0. The van der Waals surface area contributed by atoms with Gasteiger partial charge in [0.2, 0.25) is 0 Å². The van der Waals surface area contributed by atoms with Crippen molar-refractivity contribution in [3.63, 3.8) is 0 Å². The van der Waals surface area contributed by atoms with E-state index in [9.17, 15) is 0 Å². The normalized spacial score (nSPS) is 12.8. The highest BCUT2D eigenvalue weighted by Gasteiger charge is 2.17. The van der Waals surface area contributed by atoms with Crippen LogP contribution in [0.1, 0.15) is 61.3 Å². The number of hydrogen-bond donors (Lipinski definition) is 2. The average molecular weight is 311 g/mol. The van der Waals surface area contributed by atoms with Crippen molar-refractivity contribution in [1.82, 2.24) is 20.4 Å². The summed E-state index contributed by atoms with van der Waals surface area (Å²) in [5.41, 5.74) is 2.96. The van der Waals surface area contributed by atoms with Crippen molar-refractivity contribution in [2.75, 3.05) is 0 Å². The number of imidazole rings is 1. The van der Waals surface area contributed by atoms with Gasteiger partial charge in [0.15, 0.2) is 5.15 Å². The summed E-state index contributed by atoms with van der Waals surface area (Å²) in [6.45, 7) is 8.78. The van der Waals surface area contributed by atoms with Crippen molar-refractivity contribution in [3.8, 4) is 0 Å². The zero-order valence-corrected chi connectivity index (χ0v) is 13.8. The Morgan fingerprint density at radius 2 is 2.14 bits per heavy atom. The summed E-state index contributed by atoms with van der Waals surface area (Å²) in [5.74, 6) is 1.82. The number of nitrogens with zero attached hydrogens (tertiary/aromatic N) is 2. The molecule has 0 aliphatic rings. The number of halogens is 1. The topological polar surface area (TPSA) is 66.7 Å². The number of nitrogens with one attached hydrogen (secondary N) is 2. The molecule has 2 N–H and O–H groups in total. The first kappa shape index (κ1) is 16.0. The van der Waals surface area contributed by atoms with E-state index in [1.165, 1.54) is 0 Å². The molecule has 2 aromatic heterocycles. The van der Waals surface area contributed by atoms with Crippen LogP contribution in [0, 0.1) is 13.8 Å². The van der Waals surface area contributed by atoms with E-state index in [-0.39, 0.29) is 6.04 Å². The predicted octanol–water partition coefficient (Wildman–Crippen LogP) is 3.86. The number of hydrogen-bond acceptors (Lipinski definition) is 4. The summed E-state index contributed by atoms with van der Waals surface area (Å²) < 4.78 is 5.20. The standard InChI is InChI=1S/C15H23ClN4O/c1-5-6-7-13-18-12(15(16)19-13)8-17-9(2)14-10(3)20-21-11(14)4/h9,17H,5-8H2,1-4H3,(H,18,19). The van der Waals surface area contributed by atoms with Crippen LogP contribution in [0.2, 0.25) is 5.15 Å². The van der Waals surface area contributed by atoms with Crippen molar-refractivity contribution in [2.24, 2.45) is 0 Å². The minimum absolute atomic E-state index is 0.148. The maximum Gasteiger partial charge on any atom is 0.151 e. The largest absolute Gasteiger partial charge is 0.361 e. The number of aryl methyl sites for hydroxylation is 3. The van der Waals surface area contributed by atoms with Gasteiger partial charge in [0.25, 0.3) is 0 Å². The lowest BCUT2D eigenvalue weighted by molar-refractivity contribution is 0.390. The molecule has 0 aromatic carbocycles. The van der Waals surface area contributed by atoms with Crippen LogP contribution in [0.4, 0.5) is 0 Å². The van der Waals surface area contributed by atoms with E-state index in [1.54, 1.807) is 0 Å². The zero-order chi connectivity index (χ0) is 15.4. The molecule has 0 saturated heterocycles. The third-order valence-electron chi connectivity index (χ3n) is 3.65. The lowest BCUT2D eigenvalue weighted by Crippen LogP contribution is -2.19. The first-order chi connectivity index (χ1) is 10.0. The third-order valence-corrected chi connectivity index (χ3v) is 3.96. The van der Waals surface area contributed by atoms with Gasteiger partial charge in [-0.2, -0.15) is 0 Å². The summed E-state index contributed by atoms with van der Waals surface area (Å²) in [6.07, 6.45) is 3.21. The van der Waals surface area contributed by atoms with E-state index >= 15 is 0 Å². The molecule has 2 aromatic rings. The minimum atomic E-state index is 0.148. The third kappa shape index (κ3) is 3.86. The van der Waals surface area contributed by atoms with E-state index in [4.69, 9.17) is 16.1 Å². The molecule has 1 unspecified atom stereocenters. The van der Waals surface area contributed by atoms with Crippen molar-refractivity contribution in [1.29, 1.82) is 0 Å². The maximum atomic E-state index is 6.18. The average Bonchev–Trinajstić information content (AvgIpc) is 2.97. The molecule has 0 bridgehead atoms. The molecule has 0 spiro atoms. The highest BCUT2D eigenvalue weighted by atomic mass is 35.5. The lowest BCUT2D eigenvalue weighted by atomic mass is 10.1. The van der Waals surface area contributed by atoms with E-state index in [0.717, 1.165) is 47.8 Å². The van der Waals surface area contributed by atoms with Gasteiger partial charge in [-0.05, 0) is 27.2 Å². The smallest absolute Gasteiger partial charge is 0.151 e. The first-order valence-electron chi connectivity index (χ1n) is 7.42. The van der Waals surface area contributed by atoms with Crippen LogP contribution in [0.3, 0.4) is 0 Å². The second kappa shape index (κ2) is 7.09. The number of rotatable bonds is 7. The molecule has 0 aliphatic carbocycles. The summed E-state index contributed by atoms with van der Waals surface area (Å²) in [4.78, 5) is 7.66. The molecular weight excluding hydrogens is 288 g/mol. The molecule has 6 heteroatoms. The SMILES string of the molecule is CCCCc1nc(Cl)c(CNC(C)c2c(C)noc2C)[nH]1. The fourth-order valence-corrected chi connectivity index (χ4v) is 2.70. The Morgan fingerprint density at radius 1 is 1.38 bits per heavy atom. The fraction of sp³-hybridized carbons (Fsp3) is 0.600. The van der Waals surface area contributed by atoms with Crippen molar-refractivity contribution >= 4 is 11.6 Å². The maximum absolute atomic E-state index is 6.18. The predicted molar refractivity (Wildman–Crippen MR) is 83.4 cm³/mol. The van der Waals surface area contributed by atoms with E-state index in [1.807, 2.05) is 13.8 Å². The van der Waals surface area contributed by atoms with Crippen molar-refractivity contribution in [2.45, 2.75) is 59.5 Å². The van der Waals surface area contributed by atoms with Crippen LogP contribution in [-0.4, -0.2) is 15.1 Å². The highest BCUT2D eigenvalue weighted by molar-refractivity contribution is 6.30. The van der Waals surface area contributed by atoms with Crippen LogP contribution < -0.4 is 5.32 Å². The Hall–Kier alpha value is -1.33. The second-order valence-corrected chi connectivity index (χ2v) is 5.75. The van der Waals surface area contributed by atoms with Gasteiger partial charge in [-0.3, -0.25) is 0 Å². The quantitative estimate of drug-likeness (QED) is 0.815. The Morgan fingerprint density at radius 3 is 2.76 bits per heavy atom. The molecule has 21 heavy (non-hydrogen) atoms. The molecule has 2 heterocycles. The number of aromatic amines is 1. The minimum Gasteiger partial charge on any atom is -0.361 e. The van der Waals surface area contributed by atoms with Gasteiger partial charge in [0, 0.05) is 24.6 Å². The molecule has 5 nitrogen and oxygen atoms in total. The summed E-state index contributed by atoms with van der Waals surface area (Å²) in [6, 6.07) is 0.148. The summed E-state index contributed by atoms with van der Waals surface area (Å²) in [5, 5.41) is 7.98. The molecule has 0 radical (unpaired) electrons. The number of H-pyrrole nitrogens is 1. The van der Waals surface area contributed by atoms with Gasteiger partial charge in [0.05, 0.1) is 11.4 Å². The first-order valence-corrected chi connectivity index (χ1v) is 7.80. The Bertz CT molecular complexity index is 571.